The minimum Gasteiger partial charge on any atom is -0.340 e. The van der Waals surface area contributed by atoms with Gasteiger partial charge in [-0.2, -0.15) is 0 Å². The molecule has 0 aliphatic carbocycles. The van der Waals surface area contributed by atoms with Gasteiger partial charge in [-0.3, -0.25) is 9.69 Å². The number of halogens is 1. The Morgan fingerprint density at radius 3 is 2.74 bits per heavy atom. The minimum atomic E-state index is 0. The molecule has 1 fully saturated rings. The van der Waals surface area contributed by atoms with E-state index in [1.165, 1.54) is 5.56 Å². The van der Waals surface area contributed by atoms with Crippen LogP contribution in [0.4, 0.5) is 0 Å². The molecule has 0 radical (unpaired) electrons. The van der Waals surface area contributed by atoms with E-state index in [4.69, 9.17) is 5.73 Å². The van der Waals surface area contributed by atoms with E-state index in [2.05, 4.69) is 29.2 Å². The van der Waals surface area contributed by atoms with Gasteiger partial charge in [-0.15, -0.1) is 12.4 Å². The van der Waals surface area contributed by atoms with Crippen LogP contribution in [-0.4, -0.2) is 48.4 Å². The predicted octanol–water partition coefficient (Wildman–Crippen LogP) is 1.10. The van der Waals surface area contributed by atoms with E-state index in [0.717, 1.165) is 26.1 Å². The molecule has 4 nitrogen and oxygen atoms in total. The molecule has 1 atom stereocenters. The highest BCUT2D eigenvalue weighted by Gasteiger charge is 2.27. The number of benzene rings is 1. The van der Waals surface area contributed by atoms with Gasteiger partial charge < -0.3 is 10.6 Å². The molecule has 0 saturated carbocycles. The van der Waals surface area contributed by atoms with Crippen LogP contribution < -0.4 is 5.73 Å². The third-order valence-electron chi connectivity index (χ3n) is 3.61. The Kier molecular flexibility index (Phi) is 6.28. The van der Waals surface area contributed by atoms with Crippen LogP contribution in [-0.2, 0) is 11.3 Å². The first-order valence-electron chi connectivity index (χ1n) is 6.42. The van der Waals surface area contributed by atoms with Crippen molar-refractivity contribution in [3.05, 3.63) is 35.9 Å². The van der Waals surface area contributed by atoms with Crippen LogP contribution in [0.5, 0.6) is 0 Å². The zero-order valence-corrected chi connectivity index (χ0v) is 12.1. The Morgan fingerprint density at radius 2 is 2.11 bits per heavy atom. The van der Waals surface area contributed by atoms with Crippen molar-refractivity contribution < 1.29 is 4.79 Å². The van der Waals surface area contributed by atoms with Gasteiger partial charge in [-0.25, -0.2) is 0 Å². The Hall–Kier alpha value is -1.10. The van der Waals surface area contributed by atoms with E-state index in [1.54, 1.807) is 4.90 Å². The highest BCUT2D eigenvalue weighted by atomic mass is 35.5. The number of hydrogen-bond donors (Lipinski definition) is 1. The standard InChI is InChI=1S/C14H21N3O.ClH/c1-16(14(18)9-15)13-7-8-17(11-13)10-12-5-3-2-4-6-12;/h2-6,13H,7-11,15H2,1H3;1H. The summed E-state index contributed by atoms with van der Waals surface area (Å²) in [5.74, 6) is 0.0292. The fourth-order valence-electron chi connectivity index (χ4n) is 2.46. The highest BCUT2D eigenvalue weighted by Crippen LogP contribution is 2.17. The van der Waals surface area contributed by atoms with E-state index >= 15 is 0 Å². The lowest BCUT2D eigenvalue weighted by atomic mass is 10.2. The van der Waals surface area contributed by atoms with E-state index < -0.39 is 0 Å². The Bertz CT molecular complexity index is 399. The number of amides is 1. The largest absolute Gasteiger partial charge is 0.340 e. The zero-order chi connectivity index (χ0) is 13.0. The number of nitrogens with zero attached hydrogens (tertiary/aromatic N) is 2. The topological polar surface area (TPSA) is 49.6 Å². The molecular weight excluding hydrogens is 262 g/mol. The first-order chi connectivity index (χ1) is 8.70. The van der Waals surface area contributed by atoms with Gasteiger partial charge in [0.05, 0.1) is 6.54 Å². The molecule has 2 rings (SSSR count). The van der Waals surface area contributed by atoms with Crippen LogP contribution in [0.3, 0.4) is 0 Å². The number of likely N-dealkylation sites (tertiary alicyclic amines) is 1. The molecule has 1 unspecified atom stereocenters. The van der Waals surface area contributed by atoms with Crippen LogP contribution in [0.1, 0.15) is 12.0 Å². The SMILES string of the molecule is CN(C(=O)CN)C1CCN(Cc2ccccc2)C1.Cl. The summed E-state index contributed by atoms with van der Waals surface area (Å²) in [7, 11) is 1.85. The van der Waals surface area contributed by atoms with Crippen molar-refractivity contribution >= 4 is 18.3 Å². The molecule has 1 amide bonds. The molecule has 0 spiro atoms. The Labute approximate surface area is 121 Å². The Morgan fingerprint density at radius 1 is 1.42 bits per heavy atom. The number of likely N-dealkylation sites (N-methyl/N-ethyl adjacent to an activating group) is 1. The molecule has 1 aromatic carbocycles. The number of carbonyl (C=O) groups excluding carboxylic acids is 1. The second-order valence-corrected chi connectivity index (χ2v) is 4.87. The highest BCUT2D eigenvalue weighted by molar-refractivity contribution is 5.85. The van der Waals surface area contributed by atoms with Gasteiger partial charge in [0.1, 0.15) is 0 Å². The van der Waals surface area contributed by atoms with Crippen molar-refractivity contribution in [1.29, 1.82) is 0 Å². The lowest BCUT2D eigenvalue weighted by Gasteiger charge is -2.24. The smallest absolute Gasteiger partial charge is 0.236 e. The molecular formula is C14H22ClN3O. The average molecular weight is 284 g/mol. The Balaban J connectivity index is 0.00000180. The van der Waals surface area contributed by atoms with Crippen molar-refractivity contribution in [2.75, 3.05) is 26.7 Å². The van der Waals surface area contributed by atoms with E-state index in [0.29, 0.717) is 6.04 Å². The summed E-state index contributed by atoms with van der Waals surface area (Å²) < 4.78 is 0. The van der Waals surface area contributed by atoms with Gasteiger partial charge in [0.15, 0.2) is 0 Å². The molecule has 0 aromatic heterocycles. The third-order valence-corrected chi connectivity index (χ3v) is 3.61. The van der Waals surface area contributed by atoms with Crippen LogP contribution in [0, 0.1) is 0 Å². The molecule has 106 valence electrons. The van der Waals surface area contributed by atoms with Crippen molar-refractivity contribution in [3.8, 4) is 0 Å². The van der Waals surface area contributed by atoms with Gasteiger partial charge in [0, 0.05) is 32.7 Å². The molecule has 19 heavy (non-hydrogen) atoms. The van der Waals surface area contributed by atoms with Crippen LogP contribution in [0.25, 0.3) is 0 Å². The van der Waals surface area contributed by atoms with Gasteiger partial charge in [-0.1, -0.05) is 30.3 Å². The molecule has 5 heteroatoms. The molecule has 1 saturated heterocycles. The van der Waals surface area contributed by atoms with Crippen LogP contribution >= 0.6 is 12.4 Å². The van der Waals surface area contributed by atoms with Crippen molar-refractivity contribution in [3.63, 3.8) is 0 Å². The summed E-state index contributed by atoms with van der Waals surface area (Å²) in [5, 5.41) is 0. The first kappa shape index (κ1) is 16.0. The van der Waals surface area contributed by atoms with E-state index in [1.807, 2.05) is 13.1 Å². The maximum Gasteiger partial charge on any atom is 0.236 e. The fourth-order valence-corrected chi connectivity index (χ4v) is 2.46. The number of carbonyl (C=O) groups is 1. The molecule has 1 heterocycles. The van der Waals surface area contributed by atoms with Gasteiger partial charge >= 0.3 is 0 Å². The summed E-state index contributed by atoms with van der Waals surface area (Å²) in [6, 6.07) is 10.7. The summed E-state index contributed by atoms with van der Waals surface area (Å²) in [5.41, 5.74) is 6.72. The number of rotatable bonds is 4. The van der Waals surface area contributed by atoms with Crippen molar-refractivity contribution in [1.82, 2.24) is 9.80 Å². The second-order valence-electron chi connectivity index (χ2n) is 4.87. The summed E-state index contributed by atoms with van der Waals surface area (Å²) in [4.78, 5) is 15.7. The third kappa shape index (κ3) is 4.20. The lowest BCUT2D eigenvalue weighted by molar-refractivity contribution is -0.130. The van der Waals surface area contributed by atoms with Gasteiger partial charge in [0.25, 0.3) is 0 Å². The van der Waals surface area contributed by atoms with Crippen LogP contribution in [0.15, 0.2) is 30.3 Å². The molecule has 1 aromatic rings. The summed E-state index contributed by atoms with van der Waals surface area (Å²) in [6.07, 6.45) is 1.04. The normalized spacial score (nSPS) is 18.9. The van der Waals surface area contributed by atoms with Crippen LogP contribution in [0.2, 0.25) is 0 Å². The number of nitrogens with two attached hydrogens (primary N) is 1. The maximum atomic E-state index is 11.5. The van der Waals surface area contributed by atoms with E-state index in [9.17, 15) is 4.79 Å². The van der Waals surface area contributed by atoms with Crippen molar-refractivity contribution in [2.45, 2.75) is 19.0 Å². The molecule has 1 aliphatic rings. The average Bonchev–Trinajstić information content (AvgIpc) is 2.86. The van der Waals surface area contributed by atoms with E-state index in [-0.39, 0.29) is 24.9 Å². The minimum absolute atomic E-state index is 0. The van der Waals surface area contributed by atoms with Gasteiger partial charge in [0.2, 0.25) is 5.91 Å². The maximum absolute atomic E-state index is 11.5. The summed E-state index contributed by atoms with van der Waals surface area (Å²) >= 11 is 0. The number of hydrogen-bond acceptors (Lipinski definition) is 3. The summed E-state index contributed by atoms with van der Waals surface area (Å²) in [6.45, 7) is 3.05. The predicted molar refractivity (Wildman–Crippen MR) is 79.2 cm³/mol. The monoisotopic (exact) mass is 283 g/mol. The molecule has 0 bridgehead atoms. The lowest BCUT2D eigenvalue weighted by Crippen LogP contribution is -2.42. The second kappa shape index (κ2) is 7.48. The zero-order valence-electron chi connectivity index (χ0n) is 11.3. The van der Waals surface area contributed by atoms with Gasteiger partial charge in [-0.05, 0) is 12.0 Å². The van der Waals surface area contributed by atoms with Crippen molar-refractivity contribution in [2.24, 2.45) is 5.73 Å². The fraction of sp³-hybridized carbons (Fsp3) is 0.500. The molecule has 1 aliphatic heterocycles. The molecule has 2 N–H and O–H groups in total. The first-order valence-corrected chi connectivity index (χ1v) is 6.42. The quantitative estimate of drug-likeness (QED) is 0.900.